The fourth-order valence-electron chi connectivity index (χ4n) is 1.24. The van der Waals surface area contributed by atoms with Gasteiger partial charge in [-0.2, -0.15) is 4.39 Å². The molecule has 2 heterocycles. The van der Waals surface area contributed by atoms with Gasteiger partial charge in [-0.3, -0.25) is 0 Å². The van der Waals surface area contributed by atoms with E-state index < -0.39 is 0 Å². The number of halogens is 1. The molecule has 1 N–H and O–H groups in total. The maximum Gasteiger partial charge on any atom is 0.219 e. The molecule has 1 aromatic heterocycles. The molecule has 0 bridgehead atoms. The summed E-state index contributed by atoms with van der Waals surface area (Å²) in [7, 11) is 0. The first kappa shape index (κ1) is 6.67. The van der Waals surface area contributed by atoms with Crippen molar-refractivity contribution in [2.45, 2.75) is 13.0 Å². The van der Waals surface area contributed by atoms with Gasteiger partial charge >= 0.3 is 0 Å². The monoisotopic (exact) mass is 153 g/mol. The Labute approximate surface area is 63.7 Å². The molecule has 4 heteroatoms. The molecule has 58 valence electrons. The topological polar surface area (TPSA) is 37.8 Å². The lowest BCUT2D eigenvalue weighted by molar-refractivity contribution is 0.525. The van der Waals surface area contributed by atoms with Crippen molar-refractivity contribution in [3.05, 3.63) is 23.5 Å². The van der Waals surface area contributed by atoms with Crippen LogP contribution in [0, 0.1) is 5.95 Å². The number of hydrogen-bond donors (Lipinski definition) is 1. The molecule has 3 nitrogen and oxygen atoms in total. The predicted molar refractivity (Wildman–Crippen MR) is 37.4 cm³/mol. The lowest BCUT2D eigenvalue weighted by Gasteiger charge is -2.14. The quantitative estimate of drug-likeness (QED) is 0.543. The molecule has 0 saturated carbocycles. The summed E-state index contributed by atoms with van der Waals surface area (Å²) >= 11 is 0. The van der Waals surface area contributed by atoms with Gasteiger partial charge < -0.3 is 5.32 Å². The molecule has 0 radical (unpaired) electrons. The van der Waals surface area contributed by atoms with Crippen LogP contribution in [0.25, 0.3) is 0 Å². The molecule has 1 aliphatic heterocycles. The minimum absolute atomic E-state index is 0.364. The van der Waals surface area contributed by atoms with Gasteiger partial charge in [0.25, 0.3) is 0 Å². The summed E-state index contributed by atoms with van der Waals surface area (Å²) in [4.78, 5) is 7.45. The second-order valence-electron chi connectivity index (χ2n) is 2.52. The van der Waals surface area contributed by atoms with Gasteiger partial charge in [0.05, 0.1) is 5.69 Å². The summed E-state index contributed by atoms with van der Waals surface area (Å²) in [5, 5.41) is 3.11. The zero-order valence-electron chi connectivity index (χ0n) is 5.97. The Balaban J connectivity index is 2.49. The van der Waals surface area contributed by atoms with Crippen molar-refractivity contribution in [2.24, 2.45) is 0 Å². The third-order valence-corrected chi connectivity index (χ3v) is 1.83. The maximum absolute atomic E-state index is 12.9. The van der Waals surface area contributed by atoms with Crippen LogP contribution < -0.4 is 5.32 Å². The fourth-order valence-corrected chi connectivity index (χ4v) is 1.24. The van der Waals surface area contributed by atoms with Crippen molar-refractivity contribution in [1.82, 2.24) is 15.3 Å². The molecule has 11 heavy (non-hydrogen) atoms. The highest BCUT2D eigenvalue weighted by Gasteiger charge is 2.13. The second kappa shape index (κ2) is 2.54. The van der Waals surface area contributed by atoms with Crippen molar-refractivity contribution in [2.75, 3.05) is 6.54 Å². The van der Waals surface area contributed by atoms with E-state index in [1.165, 1.54) is 6.33 Å². The summed E-state index contributed by atoms with van der Waals surface area (Å²) in [6, 6.07) is 0. The zero-order chi connectivity index (χ0) is 7.68. The SMILES string of the molecule is Fc1ncnc2c1CCNC2. The maximum atomic E-state index is 12.9. The van der Waals surface area contributed by atoms with Gasteiger partial charge in [0, 0.05) is 12.1 Å². The molecule has 0 aromatic carbocycles. The van der Waals surface area contributed by atoms with E-state index in [0.29, 0.717) is 18.5 Å². The van der Waals surface area contributed by atoms with Crippen molar-refractivity contribution >= 4 is 0 Å². The molecule has 0 saturated heterocycles. The van der Waals surface area contributed by atoms with Gasteiger partial charge in [-0.25, -0.2) is 9.97 Å². The average Bonchev–Trinajstić information content (AvgIpc) is 2.06. The van der Waals surface area contributed by atoms with Crippen molar-refractivity contribution in [1.29, 1.82) is 0 Å². The van der Waals surface area contributed by atoms with Crippen LogP contribution in [0.15, 0.2) is 6.33 Å². The largest absolute Gasteiger partial charge is 0.311 e. The summed E-state index contributed by atoms with van der Waals surface area (Å²) in [5.74, 6) is -0.364. The molecular weight excluding hydrogens is 145 g/mol. The van der Waals surface area contributed by atoms with E-state index in [4.69, 9.17) is 0 Å². The molecule has 2 rings (SSSR count). The fraction of sp³-hybridized carbons (Fsp3) is 0.429. The lowest BCUT2D eigenvalue weighted by Crippen LogP contribution is -2.25. The van der Waals surface area contributed by atoms with Crippen molar-refractivity contribution in [3.8, 4) is 0 Å². The average molecular weight is 153 g/mol. The zero-order valence-corrected chi connectivity index (χ0v) is 5.97. The van der Waals surface area contributed by atoms with Gasteiger partial charge in [-0.15, -0.1) is 0 Å². The van der Waals surface area contributed by atoms with E-state index in [0.717, 1.165) is 12.2 Å². The van der Waals surface area contributed by atoms with E-state index in [1.54, 1.807) is 0 Å². The number of rotatable bonds is 0. The number of fused-ring (bicyclic) bond motifs is 1. The van der Waals surface area contributed by atoms with Crippen molar-refractivity contribution < 1.29 is 4.39 Å². The van der Waals surface area contributed by atoms with Gasteiger partial charge in [0.2, 0.25) is 5.95 Å². The van der Waals surface area contributed by atoms with Gasteiger partial charge in [0.15, 0.2) is 0 Å². The first-order chi connectivity index (χ1) is 5.38. The van der Waals surface area contributed by atoms with Crippen LogP contribution in [0.2, 0.25) is 0 Å². The third-order valence-electron chi connectivity index (χ3n) is 1.83. The first-order valence-corrected chi connectivity index (χ1v) is 3.57. The second-order valence-corrected chi connectivity index (χ2v) is 2.52. The Morgan fingerprint density at radius 1 is 1.45 bits per heavy atom. The van der Waals surface area contributed by atoms with Crippen LogP contribution in [-0.4, -0.2) is 16.5 Å². The Morgan fingerprint density at radius 3 is 3.18 bits per heavy atom. The molecule has 1 aromatic rings. The van der Waals surface area contributed by atoms with E-state index in [9.17, 15) is 4.39 Å². The van der Waals surface area contributed by atoms with E-state index >= 15 is 0 Å². The Morgan fingerprint density at radius 2 is 2.36 bits per heavy atom. The van der Waals surface area contributed by atoms with Crippen LogP contribution in [-0.2, 0) is 13.0 Å². The molecule has 0 fully saturated rings. The molecule has 0 unspecified atom stereocenters. The lowest BCUT2D eigenvalue weighted by atomic mass is 10.1. The van der Waals surface area contributed by atoms with Gasteiger partial charge in [0.1, 0.15) is 6.33 Å². The Hall–Kier alpha value is -1.03. The summed E-state index contributed by atoms with van der Waals surface area (Å²) in [6.07, 6.45) is 1.96. The summed E-state index contributed by atoms with van der Waals surface area (Å²) < 4.78 is 12.9. The van der Waals surface area contributed by atoms with E-state index in [-0.39, 0.29) is 5.95 Å². The van der Waals surface area contributed by atoms with Crippen molar-refractivity contribution in [3.63, 3.8) is 0 Å². The molecule has 1 aliphatic rings. The van der Waals surface area contributed by atoms with E-state index in [1.807, 2.05) is 0 Å². The smallest absolute Gasteiger partial charge is 0.219 e. The van der Waals surface area contributed by atoms with Gasteiger partial charge in [-0.05, 0) is 13.0 Å². The van der Waals surface area contributed by atoms with Crippen LogP contribution >= 0.6 is 0 Å². The molecule has 0 spiro atoms. The van der Waals surface area contributed by atoms with Crippen LogP contribution in [0.3, 0.4) is 0 Å². The molecular formula is C7H8FN3. The summed E-state index contributed by atoms with van der Waals surface area (Å²) in [5.41, 5.74) is 1.47. The van der Waals surface area contributed by atoms with Crippen LogP contribution in [0.1, 0.15) is 11.3 Å². The third kappa shape index (κ3) is 1.09. The highest BCUT2D eigenvalue weighted by atomic mass is 19.1. The standard InChI is InChI=1S/C7H8FN3/c8-7-5-1-2-9-3-6(5)10-4-11-7/h4,9H,1-3H2. The van der Waals surface area contributed by atoms with Crippen LogP contribution in [0.4, 0.5) is 4.39 Å². The molecule has 0 atom stereocenters. The number of hydrogen-bond acceptors (Lipinski definition) is 3. The van der Waals surface area contributed by atoms with Gasteiger partial charge in [-0.1, -0.05) is 0 Å². The van der Waals surface area contributed by atoms with Crippen LogP contribution in [0.5, 0.6) is 0 Å². The normalized spacial score (nSPS) is 16.1. The number of nitrogens with zero attached hydrogens (tertiary/aromatic N) is 2. The highest BCUT2D eigenvalue weighted by Crippen LogP contribution is 2.11. The predicted octanol–water partition coefficient (Wildman–Crippen LogP) is 0.261. The Kier molecular flexibility index (Phi) is 1.54. The highest BCUT2D eigenvalue weighted by molar-refractivity contribution is 5.19. The first-order valence-electron chi connectivity index (χ1n) is 3.57. The number of nitrogens with one attached hydrogen (secondary N) is 1. The molecule has 0 amide bonds. The number of aromatic nitrogens is 2. The minimum Gasteiger partial charge on any atom is -0.311 e. The van der Waals surface area contributed by atoms with E-state index in [2.05, 4.69) is 15.3 Å². The minimum atomic E-state index is -0.364. The molecule has 0 aliphatic carbocycles. The Bertz CT molecular complexity index is 274. The summed E-state index contributed by atoms with van der Waals surface area (Å²) in [6.45, 7) is 1.48.